The number of hydrogen-bond donors (Lipinski definition) is 2. The quantitative estimate of drug-likeness (QED) is 0.690. The lowest BCUT2D eigenvalue weighted by atomic mass is 10.1. The maximum Gasteiger partial charge on any atom is 0.307 e. The molecule has 0 bridgehead atoms. The van der Waals surface area contributed by atoms with Crippen LogP contribution in [0.25, 0.3) is 0 Å². The first-order valence-corrected chi connectivity index (χ1v) is 8.23. The Morgan fingerprint density at radius 3 is 2.41 bits per heavy atom. The zero-order valence-electron chi connectivity index (χ0n) is 12.7. The van der Waals surface area contributed by atoms with E-state index in [1.54, 1.807) is 12.1 Å². The molecule has 0 saturated heterocycles. The summed E-state index contributed by atoms with van der Waals surface area (Å²) < 4.78 is 31.7. The van der Waals surface area contributed by atoms with Crippen LogP contribution < -0.4 is 10.5 Å². The van der Waals surface area contributed by atoms with E-state index in [1.807, 2.05) is 6.92 Å². The topological polar surface area (TPSA) is 98.5 Å². The number of ether oxygens (including phenoxy) is 1. The van der Waals surface area contributed by atoms with Gasteiger partial charge in [-0.25, -0.2) is 13.1 Å². The minimum absolute atomic E-state index is 0. The Kier molecular flexibility index (Phi) is 9.27. The SMILES string of the molecule is COC(=O)C[C@H](CCCN)NS(=O)(=O)c1ccc(C)cc1.Cl. The van der Waals surface area contributed by atoms with E-state index in [0.29, 0.717) is 19.4 Å². The second-order valence-electron chi connectivity index (χ2n) is 4.84. The Balaban J connectivity index is 0.00000441. The lowest BCUT2D eigenvalue weighted by Crippen LogP contribution is -2.37. The highest BCUT2D eigenvalue weighted by atomic mass is 35.5. The molecule has 22 heavy (non-hydrogen) atoms. The summed E-state index contributed by atoms with van der Waals surface area (Å²) in [5.41, 5.74) is 6.41. The summed E-state index contributed by atoms with van der Waals surface area (Å²) in [6.07, 6.45) is 1.09. The molecule has 0 heterocycles. The first-order valence-electron chi connectivity index (χ1n) is 6.75. The minimum Gasteiger partial charge on any atom is -0.469 e. The second-order valence-corrected chi connectivity index (χ2v) is 6.56. The third kappa shape index (κ3) is 6.74. The van der Waals surface area contributed by atoms with Gasteiger partial charge in [0.2, 0.25) is 10.0 Å². The molecule has 0 aromatic heterocycles. The van der Waals surface area contributed by atoms with Crippen molar-refractivity contribution in [3.8, 4) is 0 Å². The fraction of sp³-hybridized carbons (Fsp3) is 0.500. The van der Waals surface area contributed by atoms with Crippen LogP contribution >= 0.6 is 12.4 Å². The maximum absolute atomic E-state index is 12.3. The zero-order valence-corrected chi connectivity index (χ0v) is 14.4. The monoisotopic (exact) mass is 350 g/mol. The fourth-order valence-electron chi connectivity index (χ4n) is 1.86. The van der Waals surface area contributed by atoms with Crippen LogP contribution in [0.2, 0.25) is 0 Å². The number of methoxy groups -OCH3 is 1. The summed E-state index contributed by atoms with van der Waals surface area (Å²) in [5.74, 6) is -0.455. The zero-order chi connectivity index (χ0) is 15.9. The molecule has 6 nitrogen and oxygen atoms in total. The highest BCUT2D eigenvalue weighted by Gasteiger charge is 2.22. The summed E-state index contributed by atoms with van der Waals surface area (Å²) >= 11 is 0. The van der Waals surface area contributed by atoms with E-state index in [2.05, 4.69) is 9.46 Å². The number of rotatable bonds is 8. The lowest BCUT2D eigenvalue weighted by molar-refractivity contribution is -0.141. The summed E-state index contributed by atoms with van der Waals surface area (Å²) in [4.78, 5) is 11.5. The lowest BCUT2D eigenvalue weighted by Gasteiger charge is -2.17. The van der Waals surface area contributed by atoms with Crippen molar-refractivity contribution in [3.05, 3.63) is 29.8 Å². The summed E-state index contributed by atoms with van der Waals surface area (Å²) in [6.45, 7) is 2.31. The molecule has 126 valence electrons. The largest absolute Gasteiger partial charge is 0.469 e. The van der Waals surface area contributed by atoms with Gasteiger partial charge in [0.1, 0.15) is 0 Å². The smallest absolute Gasteiger partial charge is 0.307 e. The molecule has 0 aliphatic heterocycles. The number of esters is 1. The number of aryl methyl sites for hydroxylation is 1. The molecule has 8 heteroatoms. The molecule has 1 aromatic carbocycles. The van der Waals surface area contributed by atoms with Gasteiger partial charge in [0.25, 0.3) is 0 Å². The van der Waals surface area contributed by atoms with E-state index >= 15 is 0 Å². The van der Waals surface area contributed by atoms with Gasteiger partial charge < -0.3 is 10.5 Å². The van der Waals surface area contributed by atoms with Crippen molar-refractivity contribution in [3.63, 3.8) is 0 Å². The van der Waals surface area contributed by atoms with Crippen molar-refractivity contribution in [2.75, 3.05) is 13.7 Å². The predicted molar refractivity (Wildman–Crippen MR) is 87.5 cm³/mol. The number of carbonyl (C=O) groups excluding carboxylic acids is 1. The third-order valence-corrected chi connectivity index (χ3v) is 4.59. The Morgan fingerprint density at radius 2 is 1.91 bits per heavy atom. The van der Waals surface area contributed by atoms with E-state index in [4.69, 9.17) is 5.73 Å². The van der Waals surface area contributed by atoms with Crippen molar-refractivity contribution >= 4 is 28.4 Å². The Morgan fingerprint density at radius 1 is 1.32 bits per heavy atom. The van der Waals surface area contributed by atoms with Crippen LogP contribution in [0.3, 0.4) is 0 Å². The van der Waals surface area contributed by atoms with E-state index in [-0.39, 0.29) is 23.7 Å². The van der Waals surface area contributed by atoms with Crippen LogP contribution in [0.5, 0.6) is 0 Å². The predicted octanol–water partition coefficient (Wildman–Crippen LogP) is 1.37. The number of nitrogens with one attached hydrogen (secondary N) is 1. The molecule has 0 fully saturated rings. The number of sulfonamides is 1. The van der Waals surface area contributed by atoms with Crippen molar-refractivity contribution in [2.24, 2.45) is 5.73 Å². The molecular weight excluding hydrogens is 328 g/mol. The van der Waals surface area contributed by atoms with Crippen LogP contribution in [0.15, 0.2) is 29.2 Å². The normalized spacial score (nSPS) is 12.3. The van der Waals surface area contributed by atoms with Crippen molar-refractivity contribution in [1.29, 1.82) is 0 Å². The van der Waals surface area contributed by atoms with Gasteiger partial charge in [-0.1, -0.05) is 17.7 Å². The van der Waals surface area contributed by atoms with Gasteiger partial charge >= 0.3 is 5.97 Å². The summed E-state index contributed by atoms with van der Waals surface area (Å²) in [5, 5.41) is 0. The number of hydrogen-bond acceptors (Lipinski definition) is 5. The molecule has 0 spiro atoms. The third-order valence-electron chi connectivity index (χ3n) is 3.05. The van der Waals surface area contributed by atoms with E-state index < -0.39 is 22.0 Å². The first-order chi connectivity index (χ1) is 9.89. The molecule has 0 unspecified atom stereocenters. The van der Waals surface area contributed by atoms with E-state index in [1.165, 1.54) is 19.2 Å². The molecule has 0 aliphatic carbocycles. The number of halogens is 1. The fourth-order valence-corrected chi connectivity index (χ4v) is 3.13. The van der Waals surface area contributed by atoms with Crippen molar-refractivity contribution in [2.45, 2.75) is 37.1 Å². The van der Waals surface area contributed by atoms with Gasteiger partial charge in [-0.15, -0.1) is 12.4 Å². The molecule has 0 saturated carbocycles. The van der Waals surface area contributed by atoms with Gasteiger partial charge in [-0.3, -0.25) is 4.79 Å². The van der Waals surface area contributed by atoms with E-state index in [0.717, 1.165) is 5.56 Å². The molecular formula is C14H23ClN2O4S. The van der Waals surface area contributed by atoms with Crippen molar-refractivity contribution < 1.29 is 17.9 Å². The minimum atomic E-state index is -3.66. The molecule has 1 aromatic rings. The van der Waals surface area contributed by atoms with Gasteiger partial charge in [0.05, 0.1) is 18.4 Å². The van der Waals surface area contributed by atoms with Crippen LogP contribution in [0, 0.1) is 6.92 Å². The molecule has 1 atom stereocenters. The Hall–Kier alpha value is -1.15. The maximum atomic E-state index is 12.3. The Bertz CT molecular complexity index is 561. The summed E-state index contributed by atoms with van der Waals surface area (Å²) in [6, 6.07) is 6.01. The standard InChI is InChI=1S/C14H22N2O4S.ClH/c1-11-5-7-13(8-6-11)21(18,19)16-12(4-3-9-15)10-14(17)20-2;/h5-8,12,16H,3-4,9-10,15H2,1-2H3;1H/t12-;/m0./s1. The molecule has 0 radical (unpaired) electrons. The highest BCUT2D eigenvalue weighted by Crippen LogP contribution is 2.13. The number of benzene rings is 1. The second kappa shape index (κ2) is 9.78. The van der Waals surface area contributed by atoms with E-state index in [9.17, 15) is 13.2 Å². The molecule has 1 rings (SSSR count). The molecule has 0 amide bonds. The van der Waals surface area contributed by atoms with Crippen LogP contribution in [-0.2, 0) is 19.6 Å². The van der Waals surface area contributed by atoms with Gasteiger partial charge in [-0.05, 0) is 38.4 Å². The average Bonchev–Trinajstić information content (AvgIpc) is 2.44. The van der Waals surface area contributed by atoms with Gasteiger partial charge in [-0.2, -0.15) is 0 Å². The van der Waals surface area contributed by atoms with Gasteiger partial charge in [0.15, 0.2) is 0 Å². The Labute approximate surface area is 137 Å². The van der Waals surface area contributed by atoms with Crippen LogP contribution in [0.1, 0.15) is 24.8 Å². The molecule has 3 N–H and O–H groups in total. The average molecular weight is 351 g/mol. The first kappa shape index (κ1) is 20.9. The highest BCUT2D eigenvalue weighted by molar-refractivity contribution is 7.89. The number of carbonyl (C=O) groups is 1. The molecule has 0 aliphatic rings. The number of nitrogens with two attached hydrogens (primary N) is 1. The van der Waals surface area contributed by atoms with Crippen molar-refractivity contribution in [1.82, 2.24) is 4.72 Å². The van der Waals surface area contributed by atoms with Crippen LogP contribution in [-0.4, -0.2) is 34.1 Å². The van der Waals surface area contributed by atoms with Gasteiger partial charge in [0, 0.05) is 6.04 Å². The summed E-state index contributed by atoms with van der Waals surface area (Å²) in [7, 11) is -2.38. The van der Waals surface area contributed by atoms with Crippen LogP contribution in [0.4, 0.5) is 0 Å².